The third-order valence-corrected chi connectivity index (χ3v) is 16.8. The lowest BCUT2D eigenvalue weighted by molar-refractivity contribution is -0.136. The number of alkyl carbamates (subject to hydrolysis) is 1. The van der Waals surface area contributed by atoms with Gasteiger partial charge in [0.15, 0.2) is 0 Å². The summed E-state index contributed by atoms with van der Waals surface area (Å²) in [6.07, 6.45) is 36.3. The Balaban J connectivity index is 1.11. The summed E-state index contributed by atoms with van der Waals surface area (Å²) in [4.78, 5) is 40.6. The maximum atomic E-state index is 13.2. The number of carbonyl (C=O) groups excluding carboxylic acids is 3. The lowest BCUT2D eigenvalue weighted by Crippen LogP contribution is -2.51. The first-order valence-electron chi connectivity index (χ1n) is 26.8. The number of carbonyl (C=O) groups is 3. The van der Waals surface area contributed by atoms with E-state index in [0.29, 0.717) is 38.0 Å². The van der Waals surface area contributed by atoms with Crippen molar-refractivity contribution >= 4 is 17.9 Å². The molecule has 0 saturated heterocycles. The van der Waals surface area contributed by atoms with Crippen LogP contribution < -0.4 is 16.4 Å². The van der Waals surface area contributed by atoms with Gasteiger partial charge in [0, 0.05) is 32.5 Å². The van der Waals surface area contributed by atoms with Crippen LogP contribution in [0.4, 0.5) is 4.79 Å². The second-order valence-electron chi connectivity index (χ2n) is 21.8. The number of rotatable bonds is 31. The summed E-state index contributed by atoms with van der Waals surface area (Å²) >= 11 is 0. The number of nitrogens with zero attached hydrogens (tertiary/aromatic N) is 1. The fourth-order valence-electron chi connectivity index (χ4n) is 13.0. The van der Waals surface area contributed by atoms with Crippen LogP contribution in [-0.2, 0) is 14.3 Å². The number of ether oxygens (including phenoxy) is 1. The van der Waals surface area contributed by atoms with E-state index in [9.17, 15) is 14.4 Å². The predicted molar refractivity (Wildman–Crippen MR) is 259 cm³/mol. The van der Waals surface area contributed by atoms with Gasteiger partial charge in [-0.05, 0) is 124 Å². The maximum absolute atomic E-state index is 13.2. The Hall–Kier alpha value is -2.09. The number of hydrogen-bond acceptors (Lipinski definition) is 5. The van der Waals surface area contributed by atoms with Crippen molar-refractivity contribution in [1.29, 1.82) is 0 Å². The van der Waals surface area contributed by atoms with Crippen molar-refractivity contribution in [3.63, 3.8) is 0 Å². The molecule has 0 heterocycles. The summed E-state index contributed by atoms with van der Waals surface area (Å²) < 4.78 is 6.06. The van der Waals surface area contributed by atoms with E-state index >= 15 is 0 Å². The summed E-state index contributed by atoms with van der Waals surface area (Å²) in [6, 6.07) is 0. The second-order valence-corrected chi connectivity index (χ2v) is 21.8. The molecule has 8 atom stereocenters. The van der Waals surface area contributed by atoms with Gasteiger partial charge < -0.3 is 26.0 Å². The molecule has 8 heteroatoms. The molecule has 0 unspecified atom stereocenters. The molecule has 3 fully saturated rings. The van der Waals surface area contributed by atoms with Crippen molar-refractivity contribution in [1.82, 2.24) is 15.5 Å². The summed E-state index contributed by atoms with van der Waals surface area (Å²) in [6.45, 7) is 17.2. The Morgan fingerprint density at radius 3 is 2.11 bits per heavy atom. The molecule has 0 aromatic rings. The van der Waals surface area contributed by atoms with Gasteiger partial charge in [-0.1, -0.05) is 156 Å². The first kappa shape index (κ1) is 52.5. The zero-order valence-electron chi connectivity index (χ0n) is 41.3. The molecule has 0 spiro atoms. The van der Waals surface area contributed by atoms with Crippen molar-refractivity contribution in [2.45, 2.75) is 234 Å². The third kappa shape index (κ3) is 16.4. The van der Waals surface area contributed by atoms with E-state index in [4.69, 9.17) is 10.5 Å². The van der Waals surface area contributed by atoms with Gasteiger partial charge in [0.1, 0.15) is 6.10 Å². The van der Waals surface area contributed by atoms with Crippen LogP contribution in [-0.4, -0.2) is 61.6 Å². The van der Waals surface area contributed by atoms with Gasteiger partial charge >= 0.3 is 6.09 Å². The van der Waals surface area contributed by atoms with E-state index in [-0.39, 0.29) is 36.0 Å². The van der Waals surface area contributed by atoms with Gasteiger partial charge in [-0.25, -0.2) is 4.79 Å². The van der Waals surface area contributed by atoms with E-state index in [0.717, 1.165) is 99.7 Å². The number of fused-ring (bicyclic) bond motifs is 5. The molecule has 0 aromatic heterocycles. The van der Waals surface area contributed by atoms with E-state index in [1.54, 1.807) is 10.5 Å². The minimum absolute atomic E-state index is 0.0341. The predicted octanol–water partition coefficient (Wildman–Crippen LogP) is 13.1. The van der Waals surface area contributed by atoms with Crippen LogP contribution in [0.2, 0.25) is 0 Å². The van der Waals surface area contributed by atoms with Gasteiger partial charge in [0.2, 0.25) is 11.8 Å². The van der Waals surface area contributed by atoms with Crippen LogP contribution in [0.5, 0.6) is 0 Å². The highest BCUT2D eigenvalue weighted by molar-refractivity contribution is 5.84. The smallest absolute Gasteiger partial charge is 0.407 e. The molecule has 4 N–H and O–H groups in total. The topological polar surface area (TPSA) is 114 Å². The van der Waals surface area contributed by atoms with Crippen molar-refractivity contribution in [2.75, 3.05) is 32.7 Å². The lowest BCUT2D eigenvalue weighted by Gasteiger charge is -2.58. The van der Waals surface area contributed by atoms with Gasteiger partial charge in [-0.3, -0.25) is 9.59 Å². The highest BCUT2D eigenvalue weighted by Crippen LogP contribution is 2.67. The molecule has 4 aliphatic rings. The minimum atomic E-state index is -0.281. The molecule has 0 radical (unpaired) electrons. The van der Waals surface area contributed by atoms with Crippen LogP contribution >= 0.6 is 0 Å². The van der Waals surface area contributed by atoms with Crippen molar-refractivity contribution in [2.24, 2.45) is 52.1 Å². The van der Waals surface area contributed by atoms with E-state index in [2.05, 4.69) is 58.3 Å². The molecule has 358 valence electrons. The van der Waals surface area contributed by atoms with Gasteiger partial charge in [0.25, 0.3) is 0 Å². The van der Waals surface area contributed by atoms with Crippen LogP contribution in [0.1, 0.15) is 228 Å². The number of nitrogens with one attached hydrogen (secondary N) is 2. The molecular formula is C54H98N4O4. The normalized spacial score (nSPS) is 27.2. The highest BCUT2D eigenvalue weighted by atomic mass is 16.6. The van der Waals surface area contributed by atoms with Gasteiger partial charge in [0.05, 0.1) is 6.54 Å². The largest absolute Gasteiger partial charge is 0.446 e. The number of amides is 3. The van der Waals surface area contributed by atoms with Gasteiger partial charge in [-0.15, -0.1) is 0 Å². The Morgan fingerprint density at radius 2 is 1.42 bits per heavy atom. The molecule has 3 saturated carbocycles. The van der Waals surface area contributed by atoms with Crippen LogP contribution in [0, 0.1) is 46.3 Å². The standard InChI is InChI=1S/C54H98N4O4/c1-7-8-9-10-11-12-13-14-15-16-17-20-27-51(60)58(41-50(59)56-38-24-36-55)39-22-19-18-21-37-57-52(61)62-45-32-34-53(5)44(40-45)28-29-46-48-31-30-47(43(4)26-23-25-42(2)3)54(48,6)35-33-49(46)53/h28,42-43,45-49H,7-27,29-41,55H2,1-6H3,(H,56,59)(H,57,61)/t43-,45+,46+,47-,48+,49+,53+,54-/m1/s1. The van der Waals surface area contributed by atoms with Crippen molar-refractivity contribution < 1.29 is 19.1 Å². The molecule has 8 nitrogen and oxygen atoms in total. The molecular weight excluding hydrogens is 769 g/mol. The molecule has 0 bridgehead atoms. The zero-order chi connectivity index (χ0) is 44.8. The SMILES string of the molecule is CCCCCCCCCCCCCCC(=O)N(CCCCCCNC(=O)O[C@H]1CC[C@@]2(C)C(=CC[C@H]3[C@@H]4CC[C@H]([C@H](C)CCCC(C)C)[C@@]4(C)CC[C@@H]32)C1)CC(=O)NCCCN. The first-order chi connectivity index (χ1) is 29.9. The fourth-order valence-corrected chi connectivity index (χ4v) is 13.0. The first-order valence-corrected chi connectivity index (χ1v) is 26.8. The Bertz CT molecular complexity index is 1340. The third-order valence-electron chi connectivity index (χ3n) is 16.8. The van der Waals surface area contributed by atoms with Crippen LogP contribution in [0.15, 0.2) is 11.6 Å². The summed E-state index contributed by atoms with van der Waals surface area (Å²) in [7, 11) is 0. The number of unbranched alkanes of at least 4 members (excludes halogenated alkanes) is 14. The van der Waals surface area contributed by atoms with Crippen molar-refractivity contribution in [3.05, 3.63) is 11.6 Å². The zero-order valence-corrected chi connectivity index (χ0v) is 41.3. The van der Waals surface area contributed by atoms with Crippen LogP contribution in [0.3, 0.4) is 0 Å². The average molecular weight is 867 g/mol. The number of nitrogens with two attached hydrogens (primary N) is 1. The summed E-state index contributed by atoms with van der Waals surface area (Å²) in [5.41, 5.74) is 7.93. The van der Waals surface area contributed by atoms with Crippen LogP contribution in [0.25, 0.3) is 0 Å². The van der Waals surface area contributed by atoms with Crippen molar-refractivity contribution in [3.8, 4) is 0 Å². The summed E-state index contributed by atoms with van der Waals surface area (Å²) in [5, 5.41) is 5.96. The molecule has 3 amide bonds. The van der Waals surface area contributed by atoms with Gasteiger partial charge in [-0.2, -0.15) is 0 Å². The molecule has 62 heavy (non-hydrogen) atoms. The lowest BCUT2D eigenvalue weighted by atomic mass is 9.47. The quantitative estimate of drug-likeness (QED) is 0.0474. The highest BCUT2D eigenvalue weighted by Gasteiger charge is 2.59. The number of allylic oxidation sites excluding steroid dienone is 1. The average Bonchev–Trinajstić information content (AvgIpc) is 3.60. The Labute approximate surface area is 381 Å². The molecule has 4 rings (SSSR count). The Kier molecular flexibility index (Phi) is 23.8. The van der Waals surface area contributed by atoms with E-state index < -0.39 is 0 Å². The Morgan fingerprint density at radius 1 is 0.758 bits per heavy atom. The summed E-state index contributed by atoms with van der Waals surface area (Å²) in [5.74, 6) is 4.97. The second kappa shape index (κ2) is 28.1. The fraction of sp³-hybridized carbons (Fsp3) is 0.907. The minimum Gasteiger partial charge on any atom is -0.446 e. The van der Waals surface area contributed by atoms with E-state index in [1.165, 1.54) is 116 Å². The molecule has 0 aromatic carbocycles. The maximum Gasteiger partial charge on any atom is 0.407 e. The monoisotopic (exact) mass is 867 g/mol. The molecule has 4 aliphatic carbocycles. The van der Waals surface area contributed by atoms with E-state index in [1.807, 2.05) is 0 Å². The number of hydrogen-bond donors (Lipinski definition) is 3. The molecule has 0 aliphatic heterocycles.